The van der Waals surface area contributed by atoms with Gasteiger partial charge in [-0.25, -0.2) is 0 Å². The van der Waals surface area contributed by atoms with Gasteiger partial charge in [0.05, 0.1) is 0 Å². The van der Waals surface area contributed by atoms with Crippen molar-refractivity contribution in [2.45, 2.75) is 79.1 Å². The highest BCUT2D eigenvalue weighted by molar-refractivity contribution is 7.40. The zero-order chi connectivity index (χ0) is 23.0. The van der Waals surface area contributed by atoms with Gasteiger partial charge in [0.15, 0.2) is 0 Å². The van der Waals surface area contributed by atoms with Crippen molar-refractivity contribution < 1.29 is 23.8 Å². The van der Waals surface area contributed by atoms with E-state index in [2.05, 4.69) is 25.5 Å². The van der Waals surface area contributed by atoms with Crippen LogP contribution in [0.1, 0.15) is 87.8 Å². The van der Waals surface area contributed by atoms with Gasteiger partial charge in [0.25, 0.3) is 0 Å². The molecule has 0 amide bonds. The molecule has 30 heavy (non-hydrogen) atoms. The Morgan fingerprint density at radius 1 is 0.867 bits per heavy atom. The Morgan fingerprint density at radius 3 is 1.80 bits per heavy atom. The smallest absolute Gasteiger partial charge is 0.428 e. The first-order chi connectivity index (χ1) is 13.7. The monoisotopic (exact) mass is 436 g/mol. The second kappa shape index (κ2) is 8.82. The van der Waals surface area contributed by atoms with Crippen LogP contribution in [0.25, 0.3) is 0 Å². The van der Waals surface area contributed by atoms with Gasteiger partial charge < -0.3 is 14.5 Å². The third-order valence-corrected chi connectivity index (χ3v) is 6.02. The van der Waals surface area contributed by atoms with Gasteiger partial charge in [0, 0.05) is 22.6 Å². The van der Waals surface area contributed by atoms with Gasteiger partial charge in [-0.15, -0.1) is 0 Å². The van der Waals surface area contributed by atoms with Crippen LogP contribution in [0.5, 0.6) is 11.5 Å². The number of benzene rings is 2. The number of halogens is 1. The SMILES string of the molecule is Cc1ccc(C(C)(C)C)c(O)c1C(C)c1c(C)ccc(C(C)(C)C)c1OP(O)OF. The first-order valence-electron chi connectivity index (χ1n) is 10.1. The van der Waals surface area contributed by atoms with Gasteiger partial charge in [-0.3, -0.25) is 0 Å². The Kier molecular flexibility index (Phi) is 7.23. The molecule has 2 unspecified atom stereocenters. The van der Waals surface area contributed by atoms with Gasteiger partial charge in [0.1, 0.15) is 11.5 Å². The third-order valence-electron chi connectivity index (χ3n) is 5.56. The molecule has 4 nitrogen and oxygen atoms in total. The molecule has 2 N–H and O–H groups in total. The van der Waals surface area contributed by atoms with E-state index in [4.69, 9.17) is 4.52 Å². The third kappa shape index (κ3) is 4.96. The van der Waals surface area contributed by atoms with E-state index in [1.54, 1.807) is 0 Å². The quantitative estimate of drug-likeness (QED) is 0.485. The Bertz CT molecular complexity index is 913. The molecule has 0 aliphatic heterocycles. The fraction of sp³-hybridized carbons (Fsp3) is 0.500. The molecular weight excluding hydrogens is 402 g/mol. The van der Waals surface area contributed by atoms with E-state index in [9.17, 15) is 14.5 Å². The van der Waals surface area contributed by atoms with Crippen molar-refractivity contribution in [3.05, 3.63) is 57.6 Å². The molecule has 2 rings (SSSR count). The number of phenolic OH excluding ortho intramolecular Hbond substituents is 1. The average Bonchev–Trinajstić information content (AvgIpc) is 2.59. The standard InChI is InChI=1S/C24H34FO4P/c1-14-10-12-17(23(4,5)6)21(26)19(14)16(3)20-15(2)11-13-18(24(7,8)9)22(20)28-30(27)29-25/h10-13,16,26-27H,1-9H3. The van der Waals surface area contributed by atoms with E-state index in [1.807, 2.05) is 65.8 Å². The van der Waals surface area contributed by atoms with Gasteiger partial charge >= 0.3 is 8.60 Å². The Morgan fingerprint density at radius 2 is 1.33 bits per heavy atom. The summed E-state index contributed by atoms with van der Waals surface area (Å²) in [6, 6.07) is 7.90. The lowest BCUT2D eigenvalue weighted by Crippen LogP contribution is -2.17. The maximum Gasteiger partial charge on any atom is 0.428 e. The van der Waals surface area contributed by atoms with E-state index in [-0.39, 0.29) is 22.5 Å². The van der Waals surface area contributed by atoms with Crippen molar-refractivity contribution in [2.24, 2.45) is 0 Å². The summed E-state index contributed by atoms with van der Waals surface area (Å²) < 4.78 is 21.8. The van der Waals surface area contributed by atoms with Crippen LogP contribution in [-0.4, -0.2) is 10.00 Å². The fourth-order valence-corrected chi connectivity index (χ4v) is 4.40. The van der Waals surface area contributed by atoms with Gasteiger partial charge in [-0.1, -0.05) is 77.5 Å². The molecule has 6 heteroatoms. The van der Waals surface area contributed by atoms with Crippen LogP contribution in [0.4, 0.5) is 4.53 Å². The second-order valence-electron chi connectivity index (χ2n) is 9.98. The summed E-state index contributed by atoms with van der Waals surface area (Å²) in [5.74, 6) is 0.406. The minimum absolute atomic E-state index is 0.227. The molecule has 0 saturated carbocycles. The van der Waals surface area contributed by atoms with E-state index in [1.165, 1.54) is 0 Å². The summed E-state index contributed by atoms with van der Waals surface area (Å²) in [5.41, 5.74) is 4.62. The maximum atomic E-state index is 12.7. The molecular formula is C24H34FO4P. The number of rotatable bonds is 5. The van der Waals surface area contributed by atoms with E-state index < -0.39 is 8.60 Å². The highest BCUT2D eigenvalue weighted by Crippen LogP contribution is 2.49. The van der Waals surface area contributed by atoms with Crippen molar-refractivity contribution in [3.63, 3.8) is 0 Å². The fourth-order valence-electron chi connectivity index (χ4n) is 4.02. The van der Waals surface area contributed by atoms with Gasteiger partial charge in [-0.2, -0.15) is 0 Å². The number of aryl methyl sites for hydroxylation is 2. The van der Waals surface area contributed by atoms with E-state index >= 15 is 0 Å². The van der Waals surface area contributed by atoms with Crippen molar-refractivity contribution in [2.75, 3.05) is 0 Å². The van der Waals surface area contributed by atoms with Gasteiger partial charge in [-0.05, 0) is 45.9 Å². The summed E-state index contributed by atoms with van der Waals surface area (Å²) in [7, 11) is -2.71. The van der Waals surface area contributed by atoms with Crippen LogP contribution < -0.4 is 4.52 Å². The van der Waals surface area contributed by atoms with Gasteiger partial charge in [0.2, 0.25) is 0 Å². The first-order valence-corrected chi connectivity index (χ1v) is 11.3. The maximum absolute atomic E-state index is 12.7. The summed E-state index contributed by atoms with van der Waals surface area (Å²) in [6.07, 6.45) is 0. The normalized spacial score (nSPS) is 14.5. The molecule has 0 heterocycles. The molecule has 0 aliphatic rings. The van der Waals surface area contributed by atoms with Crippen LogP contribution in [0.2, 0.25) is 0 Å². The van der Waals surface area contributed by atoms with Crippen molar-refractivity contribution in [1.29, 1.82) is 0 Å². The zero-order valence-electron chi connectivity index (χ0n) is 19.4. The van der Waals surface area contributed by atoms with Crippen molar-refractivity contribution >= 4 is 8.60 Å². The Labute approximate surface area is 181 Å². The predicted molar refractivity (Wildman–Crippen MR) is 121 cm³/mol. The molecule has 0 aliphatic carbocycles. The van der Waals surface area contributed by atoms with Crippen molar-refractivity contribution in [1.82, 2.24) is 0 Å². The van der Waals surface area contributed by atoms with Crippen LogP contribution >= 0.6 is 8.60 Å². The highest BCUT2D eigenvalue weighted by atomic mass is 31.2. The molecule has 2 atom stereocenters. The largest absolute Gasteiger partial charge is 0.507 e. The summed E-state index contributed by atoms with van der Waals surface area (Å²) >= 11 is 0. The lowest BCUT2D eigenvalue weighted by atomic mass is 9.77. The molecule has 0 aromatic heterocycles. The van der Waals surface area contributed by atoms with Crippen LogP contribution in [0, 0.1) is 13.8 Å². The molecule has 0 spiro atoms. The summed E-state index contributed by atoms with van der Waals surface area (Å²) in [6.45, 7) is 18.2. The summed E-state index contributed by atoms with van der Waals surface area (Å²) in [5, 5.41) is 11.2. The minimum Gasteiger partial charge on any atom is -0.507 e. The minimum atomic E-state index is -2.71. The first kappa shape index (κ1) is 24.6. The highest BCUT2D eigenvalue weighted by Gasteiger charge is 2.31. The summed E-state index contributed by atoms with van der Waals surface area (Å²) in [4.78, 5) is 9.83. The molecule has 0 saturated heterocycles. The average molecular weight is 437 g/mol. The van der Waals surface area contributed by atoms with Crippen LogP contribution in [-0.2, 0) is 15.6 Å². The van der Waals surface area contributed by atoms with E-state index in [0.29, 0.717) is 5.75 Å². The predicted octanol–water partition coefficient (Wildman–Crippen LogP) is 7.25. The second-order valence-corrected chi connectivity index (χ2v) is 10.8. The molecule has 0 fully saturated rings. The lowest BCUT2D eigenvalue weighted by molar-refractivity contribution is -0.0179. The molecule has 2 aromatic rings. The molecule has 0 radical (unpaired) electrons. The van der Waals surface area contributed by atoms with Crippen LogP contribution in [0.3, 0.4) is 0 Å². The Balaban J connectivity index is 2.81. The molecule has 166 valence electrons. The zero-order valence-corrected chi connectivity index (χ0v) is 20.3. The van der Waals surface area contributed by atoms with Crippen molar-refractivity contribution in [3.8, 4) is 11.5 Å². The molecule has 0 bridgehead atoms. The lowest BCUT2D eigenvalue weighted by Gasteiger charge is -2.30. The molecule has 2 aromatic carbocycles. The Hall–Kier alpha value is -1.68. The van der Waals surface area contributed by atoms with Crippen LogP contribution in [0.15, 0.2) is 24.3 Å². The topological polar surface area (TPSA) is 58.9 Å². The van der Waals surface area contributed by atoms with E-state index in [0.717, 1.165) is 33.4 Å². The number of phenols is 1. The number of hydrogen-bond acceptors (Lipinski definition) is 4. The number of hydrogen-bond donors (Lipinski definition) is 2. The number of aromatic hydroxyl groups is 1.